The van der Waals surface area contributed by atoms with E-state index in [1.165, 1.54) is 33.0 Å². The highest BCUT2D eigenvalue weighted by atomic mass is 15.3. The second-order valence-electron chi connectivity index (χ2n) is 9.96. The molecule has 0 spiro atoms. The molecule has 1 aromatic heterocycles. The van der Waals surface area contributed by atoms with Gasteiger partial charge in [-0.2, -0.15) is 0 Å². The monoisotopic (exact) mass is 516 g/mol. The maximum Gasteiger partial charge on any atom is 0.131 e. The fraction of sp³-hybridized carbons (Fsp3) is 0.0556. The van der Waals surface area contributed by atoms with E-state index in [0.717, 1.165) is 22.5 Å². The molecule has 7 rings (SSSR count). The van der Waals surface area contributed by atoms with E-state index >= 15 is 0 Å². The van der Waals surface area contributed by atoms with Crippen molar-refractivity contribution in [2.24, 2.45) is 4.99 Å². The number of aliphatic imine (C=N–C) groups is 1. The van der Waals surface area contributed by atoms with Gasteiger partial charge in [0.25, 0.3) is 0 Å². The molecule has 1 aliphatic heterocycles. The average Bonchev–Trinajstić information content (AvgIpc) is 3.05. The molecule has 0 bridgehead atoms. The molecule has 0 saturated carbocycles. The van der Waals surface area contributed by atoms with Crippen LogP contribution in [0.1, 0.15) is 29.0 Å². The smallest absolute Gasteiger partial charge is 0.131 e. The molecule has 4 nitrogen and oxygen atoms in total. The van der Waals surface area contributed by atoms with E-state index in [9.17, 15) is 0 Å². The summed E-state index contributed by atoms with van der Waals surface area (Å²) in [7, 11) is 0. The van der Waals surface area contributed by atoms with Crippen molar-refractivity contribution in [3.63, 3.8) is 0 Å². The van der Waals surface area contributed by atoms with Crippen LogP contribution >= 0.6 is 0 Å². The Morgan fingerprint density at radius 3 is 1.95 bits per heavy atom. The summed E-state index contributed by atoms with van der Waals surface area (Å²) in [6.07, 6.45) is 3.31. The molecule has 40 heavy (non-hydrogen) atoms. The lowest BCUT2D eigenvalue weighted by Crippen LogP contribution is -2.45. The third-order valence-corrected chi connectivity index (χ3v) is 7.50. The Morgan fingerprint density at radius 1 is 0.525 bits per heavy atom. The Balaban J connectivity index is 1.38. The van der Waals surface area contributed by atoms with Crippen molar-refractivity contribution in [1.29, 1.82) is 0 Å². The number of fused-ring (bicyclic) bond motifs is 1. The van der Waals surface area contributed by atoms with Crippen LogP contribution in [0.5, 0.6) is 0 Å². The van der Waals surface area contributed by atoms with Gasteiger partial charge in [0.1, 0.15) is 18.2 Å². The van der Waals surface area contributed by atoms with E-state index in [-0.39, 0.29) is 12.3 Å². The van der Waals surface area contributed by atoms with Gasteiger partial charge in [-0.1, -0.05) is 121 Å². The van der Waals surface area contributed by atoms with Crippen LogP contribution < -0.4 is 10.6 Å². The number of hydrogen-bond donors (Lipinski definition) is 2. The zero-order valence-corrected chi connectivity index (χ0v) is 21.9. The molecule has 6 aromatic rings. The number of hydrogen-bond acceptors (Lipinski definition) is 4. The van der Waals surface area contributed by atoms with Crippen molar-refractivity contribution < 1.29 is 0 Å². The number of aromatic nitrogens is 1. The largest absolute Gasteiger partial charge is 0.350 e. The Morgan fingerprint density at radius 2 is 1.18 bits per heavy atom. The second kappa shape index (κ2) is 10.6. The van der Waals surface area contributed by atoms with Gasteiger partial charge in [-0.25, -0.2) is 4.99 Å². The Labute approximate surface area is 234 Å². The number of nitrogens with zero attached hydrogens (tertiary/aromatic N) is 2. The zero-order valence-electron chi connectivity index (χ0n) is 21.9. The Kier molecular flexibility index (Phi) is 6.36. The van der Waals surface area contributed by atoms with Crippen LogP contribution in [-0.4, -0.2) is 10.8 Å². The van der Waals surface area contributed by atoms with Gasteiger partial charge in [-0.05, 0) is 50.7 Å². The number of amidine groups is 1. The first-order chi connectivity index (χ1) is 19.8. The normalized spacial score (nSPS) is 16.8. The van der Waals surface area contributed by atoms with Crippen LogP contribution in [-0.2, 0) is 0 Å². The minimum absolute atomic E-state index is 0.0974. The van der Waals surface area contributed by atoms with Crippen LogP contribution in [0.25, 0.3) is 33.0 Å². The van der Waals surface area contributed by atoms with Crippen molar-refractivity contribution in [2.75, 3.05) is 0 Å². The van der Waals surface area contributed by atoms with Gasteiger partial charge in [0.2, 0.25) is 0 Å². The summed E-state index contributed by atoms with van der Waals surface area (Å²) in [6.45, 7) is 0. The van der Waals surface area contributed by atoms with Crippen molar-refractivity contribution in [3.05, 3.63) is 163 Å². The summed E-state index contributed by atoms with van der Waals surface area (Å²) in [5.74, 6) is 0.880. The molecule has 192 valence electrons. The molecule has 1 aliphatic rings. The molecule has 0 saturated heterocycles. The predicted octanol–water partition coefficient (Wildman–Crippen LogP) is 7.91. The molecule has 0 amide bonds. The summed E-state index contributed by atoms with van der Waals surface area (Å²) in [6, 6.07) is 46.8. The summed E-state index contributed by atoms with van der Waals surface area (Å²) in [4.78, 5) is 9.45. The molecule has 5 aromatic carbocycles. The molecule has 2 heterocycles. The van der Waals surface area contributed by atoms with Crippen molar-refractivity contribution >= 4 is 16.6 Å². The number of nitrogens with one attached hydrogen (secondary N) is 2. The average molecular weight is 517 g/mol. The quantitative estimate of drug-likeness (QED) is 0.245. The van der Waals surface area contributed by atoms with Crippen LogP contribution in [0.4, 0.5) is 0 Å². The molecular formula is C36H28N4. The number of pyridine rings is 1. The summed E-state index contributed by atoms with van der Waals surface area (Å²) < 4.78 is 0. The topological polar surface area (TPSA) is 49.3 Å². The van der Waals surface area contributed by atoms with E-state index in [2.05, 4.69) is 131 Å². The fourth-order valence-electron chi connectivity index (χ4n) is 5.50. The summed E-state index contributed by atoms with van der Waals surface area (Å²) >= 11 is 0. The lowest BCUT2D eigenvalue weighted by Gasteiger charge is -2.33. The SMILES string of the molecule is c1ccc(C2=NC(c3c(-c4ccc(-c5ccncc5)cc4)ccc4ccccc34)NC(c3ccccc3)N2)cc1. The lowest BCUT2D eigenvalue weighted by molar-refractivity contribution is 0.411. The third kappa shape index (κ3) is 4.66. The molecule has 2 unspecified atom stereocenters. The van der Waals surface area contributed by atoms with Gasteiger partial charge in [0.15, 0.2) is 0 Å². The molecule has 0 radical (unpaired) electrons. The number of benzene rings is 5. The van der Waals surface area contributed by atoms with Gasteiger partial charge in [-0.15, -0.1) is 0 Å². The van der Waals surface area contributed by atoms with Crippen LogP contribution in [0, 0.1) is 0 Å². The molecule has 2 N–H and O–H groups in total. The van der Waals surface area contributed by atoms with Gasteiger partial charge in [0.05, 0.1) is 0 Å². The first-order valence-corrected chi connectivity index (χ1v) is 13.6. The summed E-state index contributed by atoms with van der Waals surface area (Å²) in [5.41, 5.74) is 8.06. The fourth-order valence-corrected chi connectivity index (χ4v) is 5.50. The first-order valence-electron chi connectivity index (χ1n) is 13.6. The molecular weight excluding hydrogens is 488 g/mol. The second-order valence-corrected chi connectivity index (χ2v) is 9.96. The van der Waals surface area contributed by atoms with Crippen molar-refractivity contribution in [2.45, 2.75) is 12.3 Å². The van der Waals surface area contributed by atoms with Crippen LogP contribution in [0.2, 0.25) is 0 Å². The highest BCUT2D eigenvalue weighted by Crippen LogP contribution is 2.38. The maximum absolute atomic E-state index is 5.29. The van der Waals surface area contributed by atoms with Crippen molar-refractivity contribution in [3.8, 4) is 22.3 Å². The van der Waals surface area contributed by atoms with Gasteiger partial charge < -0.3 is 5.32 Å². The lowest BCUT2D eigenvalue weighted by atomic mass is 9.91. The third-order valence-electron chi connectivity index (χ3n) is 7.50. The molecule has 0 fully saturated rings. The van der Waals surface area contributed by atoms with Crippen molar-refractivity contribution in [1.82, 2.24) is 15.6 Å². The highest BCUT2D eigenvalue weighted by molar-refractivity contribution is 6.00. The van der Waals surface area contributed by atoms with Gasteiger partial charge in [0, 0.05) is 23.5 Å². The van der Waals surface area contributed by atoms with Gasteiger partial charge >= 0.3 is 0 Å². The van der Waals surface area contributed by atoms with Crippen LogP contribution in [0.3, 0.4) is 0 Å². The minimum atomic E-state index is -0.261. The molecule has 4 heteroatoms. The minimum Gasteiger partial charge on any atom is -0.350 e. The van der Waals surface area contributed by atoms with E-state index < -0.39 is 0 Å². The Bertz CT molecular complexity index is 1780. The standard InChI is InChI=1S/C36H28N4/c1-3-10-29(11-4-1)34-38-35(30-12-5-2-6-13-30)40-36(39-34)33-31-14-8-7-9-27(31)19-20-32(33)28-17-15-25(16-18-28)26-21-23-37-24-22-26/h1-24,34,36,39H,(H,38,40). The van der Waals surface area contributed by atoms with E-state index in [4.69, 9.17) is 4.99 Å². The first kappa shape index (κ1) is 24.0. The number of rotatable bonds is 5. The van der Waals surface area contributed by atoms with Gasteiger partial charge in [-0.3, -0.25) is 10.3 Å². The summed E-state index contributed by atoms with van der Waals surface area (Å²) in [5, 5.41) is 9.86. The van der Waals surface area contributed by atoms with E-state index in [1.807, 2.05) is 30.6 Å². The van der Waals surface area contributed by atoms with Crippen LogP contribution in [0.15, 0.2) is 151 Å². The van der Waals surface area contributed by atoms with E-state index in [1.54, 1.807) is 0 Å². The Hall–Kier alpha value is -5.06. The zero-order chi connectivity index (χ0) is 26.7. The highest BCUT2D eigenvalue weighted by Gasteiger charge is 2.28. The molecule has 0 aliphatic carbocycles. The predicted molar refractivity (Wildman–Crippen MR) is 164 cm³/mol. The molecule has 2 atom stereocenters. The van der Waals surface area contributed by atoms with E-state index in [0.29, 0.717) is 0 Å². The maximum atomic E-state index is 5.29.